The van der Waals surface area contributed by atoms with Crippen molar-refractivity contribution >= 4 is 55.7 Å². The molecule has 0 aliphatic carbocycles. The number of nitrogens with zero attached hydrogens (tertiary/aromatic N) is 4. The van der Waals surface area contributed by atoms with Crippen molar-refractivity contribution in [2.45, 2.75) is 13.0 Å². The van der Waals surface area contributed by atoms with Crippen LogP contribution in [0, 0.1) is 10.1 Å². The lowest BCUT2D eigenvalue weighted by Crippen LogP contribution is -2.26. The zero-order valence-corrected chi connectivity index (χ0v) is 23.4. The van der Waals surface area contributed by atoms with Gasteiger partial charge in [0.1, 0.15) is 11.3 Å². The summed E-state index contributed by atoms with van der Waals surface area (Å²) >= 11 is 3.26. The lowest BCUT2D eigenvalue weighted by molar-refractivity contribution is -0.386. The molecule has 13 heteroatoms. The number of furan rings is 1. The van der Waals surface area contributed by atoms with Crippen LogP contribution in [-0.4, -0.2) is 47.1 Å². The second-order valence-electron chi connectivity index (χ2n) is 8.68. The number of fused-ring (bicyclic) bond motifs is 2. The fourth-order valence-corrected chi connectivity index (χ4v) is 4.65. The third-order valence-corrected chi connectivity index (χ3v) is 6.57. The highest BCUT2D eigenvalue weighted by Gasteiger charge is 2.26. The number of nitro benzene ring substituents is 1. The van der Waals surface area contributed by atoms with Gasteiger partial charge in [0.2, 0.25) is 11.6 Å². The third kappa shape index (κ3) is 5.26. The minimum Gasteiger partial charge on any atom is -0.496 e. The molecule has 0 N–H and O–H groups in total. The number of aromatic nitrogens is 2. The van der Waals surface area contributed by atoms with Gasteiger partial charge in [-0.2, -0.15) is 9.78 Å². The topological polar surface area (TPSA) is 148 Å². The van der Waals surface area contributed by atoms with E-state index in [9.17, 15) is 19.7 Å². The number of rotatable bonds is 8. The second kappa shape index (κ2) is 11.2. The van der Waals surface area contributed by atoms with E-state index in [-0.39, 0.29) is 28.3 Å². The van der Waals surface area contributed by atoms with Crippen molar-refractivity contribution in [1.82, 2.24) is 9.66 Å². The van der Waals surface area contributed by atoms with Crippen LogP contribution in [0.1, 0.15) is 12.5 Å². The Morgan fingerprint density at radius 2 is 1.93 bits per heavy atom. The van der Waals surface area contributed by atoms with E-state index >= 15 is 0 Å². The van der Waals surface area contributed by atoms with Crippen molar-refractivity contribution in [2.24, 2.45) is 5.10 Å². The fourth-order valence-electron chi connectivity index (χ4n) is 4.18. The van der Waals surface area contributed by atoms with Crippen LogP contribution in [0.4, 0.5) is 5.69 Å². The summed E-state index contributed by atoms with van der Waals surface area (Å²) in [6, 6.07) is 16.5. The van der Waals surface area contributed by atoms with E-state index in [4.69, 9.17) is 18.6 Å². The third-order valence-electron chi connectivity index (χ3n) is 6.12. The van der Waals surface area contributed by atoms with Gasteiger partial charge < -0.3 is 18.6 Å². The summed E-state index contributed by atoms with van der Waals surface area (Å²) in [7, 11) is 2.71. The number of benzene rings is 3. The van der Waals surface area contributed by atoms with Crippen LogP contribution in [0.25, 0.3) is 33.5 Å². The van der Waals surface area contributed by atoms with Crippen molar-refractivity contribution in [2.75, 3.05) is 14.2 Å². The molecule has 0 saturated heterocycles. The van der Waals surface area contributed by atoms with Crippen LogP contribution in [0.5, 0.6) is 11.5 Å². The van der Waals surface area contributed by atoms with E-state index in [1.807, 2.05) is 0 Å². The average molecular weight is 621 g/mol. The Morgan fingerprint density at radius 3 is 2.66 bits per heavy atom. The lowest BCUT2D eigenvalue weighted by atomic mass is 10.2. The molecule has 2 heterocycles. The largest absolute Gasteiger partial charge is 0.496 e. The van der Waals surface area contributed by atoms with E-state index < -0.39 is 28.2 Å². The highest BCUT2D eigenvalue weighted by atomic mass is 79.9. The summed E-state index contributed by atoms with van der Waals surface area (Å²) in [6.07, 6.45) is 0.0416. The maximum atomic E-state index is 13.6. The van der Waals surface area contributed by atoms with Crippen molar-refractivity contribution in [3.63, 3.8) is 0 Å². The van der Waals surface area contributed by atoms with Gasteiger partial charge in [0, 0.05) is 16.1 Å². The summed E-state index contributed by atoms with van der Waals surface area (Å²) in [5.74, 6) is -0.0865. The molecular weight excluding hydrogens is 600 g/mol. The normalized spacial score (nSPS) is 12.1. The van der Waals surface area contributed by atoms with Gasteiger partial charge in [-0.05, 0) is 43.3 Å². The molecule has 0 aliphatic heterocycles. The second-order valence-corrected chi connectivity index (χ2v) is 9.60. The first-order valence-electron chi connectivity index (χ1n) is 12.1. The smallest absolute Gasteiger partial charge is 0.346 e. The molecule has 0 spiro atoms. The fraction of sp³-hybridized carbons (Fsp3) is 0.143. The van der Waals surface area contributed by atoms with E-state index in [0.29, 0.717) is 26.7 Å². The minimum absolute atomic E-state index is 0.0816. The molecule has 5 rings (SSSR count). The lowest BCUT2D eigenvalue weighted by Gasteiger charge is -2.15. The quantitative estimate of drug-likeness (QED) is 0.0973. The van der Waals surface area contributed by atoms with Crippen LogP contribution >= 0.6 is 15.9 Å². The van der Waals surface area contributed by atoms with Crippen LogP contribution in [-0.2, 0) is 9.53 Å². The predicted octanol–water partition coefficient (Wildman–Crippen LogP) is 5.31. The summed E-state index contributed by atoms with van der Waals surface area (Å²) in [4.78, 5) is 41.5. The maximum Gasteiger partial charge on any atom is 0.346 e. The number of hydrogen-bond donors (Lipinski definition) is 0. The molecule has 12 nitrogen and oxygen atoms in total. The first kappa shape index (κ1) is 27.5. The standard InChI is InChI=1S/C28H21BrN4O8/c1-15(28(35)39-3)40-25-16(11-17(29)12-21(25)33(36)37)14-30-32-26(31-20-8-5-4-7-18(20)27(32)34)24-13-19-22(38-2)9-6-10-23(19)41-24/h4-15H,1-3H3/t15-/m1/s1. The van der Waals surface area contributed by atoms with Crippen molar-refractivity contribution < 1.29 is 28.3 Å². The minimum atomic E-state index is -1.17. The first-order chi connectivity index (χ1) is 19.7. The van der Waals surface area contributed by atoms with Crippen molar-refractivity contribution in [3.8, 4) is 23.1 Å². The van der Waals surface area contributed by atoms with Gasteiger partial charge in [-0.3, -0.25) is 14.9 Å². The molecule has 0 amide bonds. The SMILES string of the molecule is COC(=O)[C@@H](C)Oc1c(C=Nn2c(-c3cc4c(OC)cccc4o3)nc3ccccc3c2=O)cc(Br)cc1[N+](=O)[O-]. The van der Waals surface area contributed by atoms with Crippen molar-refractivity contribution in [1.29, 1.82) is 0 Å². The number of para-hydroxylation sites is 1. The van der Waals surface area contributed by atoms with E-state index in [2.05, 4.69) is 26.0 Å². The number of carbonyl (C=O) groups is 1. The summed E-state index contributed by atoms with van der Waals surface area (Å²) in [5.41, 5.74) is 0.0983. The Bertz CT molecular complexity index is 1910. The van der Waals surface area contributed by atoms with Gasteiger partial charge in [-0.1, -0.05) is 34.1 Å². The van der Waals surface area contributed by atoms with Gasteiger partial charge in [-0.25, -0.2) is 9.78 Å². The summed E-state index contributed by atoms with van der Waals surface area (Å²) in [5, 5.41) is 17.2. The van der Waals surface area contributed by atoms with Gasteiger partial charge in [0.05, 0.1) is 41.6 Å². The highest BCUT2D eigenvalue weighted by molar-refractivity contribution is 9.10. The Kier molecular flexibility index (Phi) is 7.53. The molecule has 41 heavy (non-hydrogen) atoms. The Hall–Kier alpha value is -5.04. The number of hydrogen-bond acceptors (Lipinski definition) is 10. The zero-order valence-electron chi connectivity index (χ0n) is 21.9. The highest BCUT2D eigenvalue weighted by Crippen LogP contribution is 2.35. The van der Waals surface area contributed by atoms with Gasteiger partial charge >= 0.3 is 11.7 Å². The van der Waals surface area contributed by atoms with Crippen LogP contribution < -0.4 is 15.0 Å². The van der Waals surface area contributed by atoms with Crippen molar-refractivity contribution in [3.05, 3.63) is 91.2 Å². The predicted molar refractivity (Wildman–Crippen MR) is 154 cm³/mol. The molecule has 5 aromatic rings. The molecular formula is C28H21BrN4O8. The molecule has 1 atom stereocenters. The van der Waals surface area contributed by atoms with Crippen LogP contribution in [0.15, 0.2) is 79.4 Å². The molecule has 0 aliphatic rings. The zero-order chi connectivity index (χ0) is 29.3. The number of methoxy groups -OCH3 is 2. The number of esters is 1. The molecule has 0 unspecified atom stereocenters. The maximum absolute atomic E-state index is 13.6. The first-order valence-corrected chi connectivity index (χ1v) is 12.9. The number of carbonyl (C=O) groups excluding carboxylic acids is 1. The molecule has 0 saturated carbocycles. The van der Waals surface area contributed by atoms with E-state index in [1.54, 1.807) is 48.5 Å². The molecule has 0 bridgehead atoms. The van der Waals surface area contributed by atoms with E-state index in [0.717, 1.165) is 4.68 Å². The number of ether oxygens (including phenoxy) is 3. The number of halogens is 1. The Labute approximate surface area is 240 Å². The Balaban J connectivity index is 1.72. The van der Waals surface area contributed by atoms with Gasteiger partial charge in [0.25, 0.3) is 5.56 Å². The average Bonchev–Trinajstić information content (AvgIpc) is 3.41. The summed E-state index contributed by atoms with van der Waals surface area (Å²) in [6.45, 7) is 1.39. The Morgan fingerprint density at radius 1 is 1.15 bits per heavy atom. The van der Waals surface area contributed by atoms with Crippen LogP contribution in [0.2, 0.25) is 0 Å². The van der Waals surface area contributed by atoms with E-state index in [1.165, 1.54) is 39.5 Å². The molecule has 2 aromatic heterocycles. The molecule has 3 aromatic carbocycles. The van der Waals surface area contributed by atoms with Crippen LogP contribution in [0.3, 0.4) is 0 Å². The van der Waals surface area contributed by atoms with Gasteiger partial charge in [-0.15, -0.1) is 0 Å². The summed E-state index contributed by atoms with van der Waals surface area (Å²) < 4.78 is 23.2. The molecule has 208 valence electrons. The molecule has 0 radical (unpaired) electrons. The van der Waals surface area contributed by atoms with Gasteiger partial charge in [0.15, 0.2) is 11.9 Å². The number of nitro groups is 1. The molecule has 0 fully saturated rings. The monoisotopic (exact) mass is 620 g/mol.